The Labute approximate surface area is 172 Å². The van der Waals surface area contributed by atoms with Gasteiger partial charge in [0, 0.05) is 31.5 Å². The average Bonchev–Trinajstić information content (AvgIpc) is 3.38. The molecule has 3 N–H and O–H groups in total. The number of nitrogens with one attached hydrogen (secondary N) is 2. The lowest BCUT2D eigenvalue weighted by molar-refractivity contribution is -0.124. The van der Waals surface area contributed by atoms with Crippen LogP contribution in [0.4, 0.5) is 16.8 Å². The first-order valence-corrected chi connectivity index (χ1v) is 10.2. The Balaban J connectivity index is 1.45. The molecule has 3 aromatic rings. The van der Waals surface area contributed by atoms with Crippen LogP contribution in [0, 0.1) is 6.92 Å². The monoisotopic (exact) mass is 410 g/mol. The Morgan fingerprint density at radius 2 is 2.21 bits per heavy atom. The molecule has 150 valence electrons. The van der Waals surface area contributed by atoms with Crippen LogP contribution in [0.15, 0.2) is 42.7 Å². The highest BCUT2D eigenvalue weighted by Gasteiger charge is 2.25. The highest BCUT2D eigenvalue weighted by atomic mass is 32.1. The molecule has 1 fully saturated rings. The third-order valence-electron chi connectivity index (χ3n) is 4.63. The van der Waals surface area contributed by atoms with Crippen molar-refractivity contribution < 1.29 is 9.90 Å². The van der Waals surface area contributed by atoms with Gasteiger partial charge in [-0.2, -0.15) is 0 Å². The van der Waals surface area contributed by atoms with Gasteiger partial charge in [0.2, 0.25) is 5.91 Å². The molecule has 1 atom stereocenters. The summed E-state index contributed by atoms with van der Waals surface area (Å²) in [5, 5.41) is 15.8. The van der Waals surface area contributed by atoms with E-state index in [2.05, 4.69) is 30.5 Å². The normalized spacial score (nSPS) is 16.1. The summed E-state index contributed by atoms with van der Waals surface area (Å²) in [5.41, 5.74) is 1.97. The summed E-state index contributed by atoms with van der Waals surface area (Å²) in [5.74, 6) is 1.14. The molecular formula is C20H22N6O2S. The molecule has 1 saturated heterocycles. The number of anilines is 3. The van der Waals surface area contributed by atoms with Crippen molar-refractivity contribution in [2.45, 2.75) is 19.4 Å². The third kappa shape index (κ3) is 4.69. The van der Waals surface area contributed by atoms with Crippen LogP contribution in [0.25, 0.3) is 10.6 Å². The summed E-state index contributed by atoms with van der Waals surface area (Å²) in [7, 11) is 0. The van der Waals surface area contributed by atoms with Crippen LogP contribution in [0.1, 0.15) is 12.0 Å². The van der Waals surface area contributed by atoms with Crippen molar-refractivity contribution in [1.82, 2.24) is 20.3 Å². The van der Waals surface area contributed by atoms with Crippen molar-refractivity contribution in [2.24, 2.45) is 0 Å². The summed E-state index contributed by atoms with van der Waals surface area (Å²) in [4.78, 5) is 28.0. The van der Waals surface area contributed by atoms with Crippen molar-refractivity contribution in [3.8, 4) is 10.6 Å². The van der Waals surface area contributed by atoms with Crippen molar-refractivity contribution in [3.05, 3.63) is 48.3 Å². The molecule has 1 aliphatic rings. The van der Waals surface area contributed by atoms with E-state index in [4.69, 9.17) is 5.11 Å². The van der Waals surface area contributed by atoms with Crippen molar-refractivity contribution >= 4 is 34.0 Å². The molecule has 8 nitrogen and oxygen atoms in total. The molecular weight excluding hydrogens is 388 g/mol. The van der Waals surface area contributed by atoms with Gasteiger partial charge in [-0.3, -0.25) is 4.79 Å². The summed E-state index contributed by atoms with van der Waals surface area (Å²) in [6.45, 7) is 3.05. The number of aliphatic hydroxyl groups excluding tert-OH is 1. The zero-order chi connectivity index (χ0) is 20.2. The fourth-order valence-corrected chi connectivity index (χ4v) is 4.15. The van der Waals surface area contributed by atoms with Gasteiger partial charge in [-0.25, -0.2) is 15.0 Å². The topological polar surface area (TPSA) is 103 Å². The predicted octanol–water partition coefficient (Wildman–Crippen LogP) is 2.34. The SMILES string of the molecule is Cc1ccnc(Nc2cccc(-c3cnc(N4CCC(NC(=O)CO)C4)s3)n2)c1. The molecule has 4 heterocycles. The van der Waals surface area contributed by atoms with Gasteiger partial charge in [-0.1, -0.05) is 17.4 Å². The second-order valence-electron chi connectivity index (χ2n) is 6.92. The van der Waals surface area contributed by atoms with Crippen LogP contribution < -0.4 is 15.5 Å². The maximum absolute atomic E-state index is 11.4. The van der Waals surface area contributed by atoms with E-state index >= 15 is 0 Å². The van der Waals surface area contributed by atoms with E-state index in [9.17, 15) is 4.79 Å². The lowest BCUT2D eigenvalue weighted by Crippen LogP contribution is -2.38. The molecule has 0 radical (unpaired) electrons. The number of hydrogen-bond acceptors (Lipinski definition) is 8. The van der Waals surface area contributed by atoms with Crippen molar-refractivity contribution in [1.29, 1.82) is 0 Å². The fourth-order valence-electron chi connectivity index (χ4n) is 3.23. The molecule has 1 aliphatic heterocycles. The van der Waals surface area contributed by atoms with Crippen molar-refractivity contribution in [3.63, 3.8) is 0 Å². The van der Waals surface area contributed by atoms with Crippen LogP contribution in [-0.4, -0.2) is 51.7 Å². The largest absolute Gasteiger partial charge is 0.387 e. The quantitative estimate of drug-likeness (QED) is 0.573. The first kappa shape index (κ1) is 19.3. The minimum Gasteiger partial charge on any atom is -0.387 e. The number of carbonyl (C=O) groups excluding carboxylic acids is 1. The van der Waals surface area contributed by atoms with Crippen LogP contribution in [0.2, 0.25) is 0 Å². The Morgan fingerprint density at radius 3 is 3.03 bits per heavy atom. The fraction of sp³-hybridized carbons (Fsp3) is 0.300. The van der Waals surface area contributed by atoms with Gasteiger partial charge >= 0.3 is 0 Å². The number of thiazole rings is 1. The number of amides is 1. The van der Waals surface area contributed by atoms with Gasteiger partial charge in [-0.15, -0.1) is 0 Å². The molecule has 4 rings (SSSR count). The molecule has 3 aromatic heterocycles. The molecule has 1 amide bonds. The minimum absolute atomic E-state index is 0.0366. The maximum Gasteiger partial charge on any atom is 0.245 e. The molecule has 0 aliphatic carbocycles. The molecule has 1 unspecified atom stereocenters. The number of aryl methyl sites for hydroxylation is 1. The van der Waals surface area contributed by atoms with Gasteiger partial charge in [0.15, 0.2) is 5.13 Å². The zero-order valence-corrected chi connectivity index (χ0v) is 16.8. The predicted molar refractivity (Wildman–Crippen MR) is 113 cm³/mol. The van der Waals surface area contributed by atoms with E-state index in [1.54, 1.807) is 17.5 Å². The highest BCUT2D eigenvalue weighted by Crippen LogP contribution is 2.32. The molecule has 0 aromatic carbocycles. The molecule has 0 saturated carbocycles. The van der Waals surface area contributed by atoms with Crippen molar-refractivity contribution in [2.75, 3.05) is 29.9 Å². The maximum atomic E-state index is 11.4. The third-order valence-corrected chi connectivity index (χ3v) is 5.71. The minimum atomic E-state index is -0.480. The second kappa shape index (κ2) is 8.54. The molecule has 9 heteroatoms. The van der Waals surface area contributed by atoms with Crippen LogP contribution in [-0.2, 0) is 4.79 Å². The van der Waals surface area contributed by atoms with E-state index in [0.717, 1.165) is 45.9 Å². The van der Waals surface area contributed by atoms with E-state index in [-0.39, 0.29) is 11.9 Å². The standard InChI is InChI=1S/C20H22N6O2S/c1-13-5-7-21-18(9-13)25-17-4-2-3-15(24-17)16-10-22-20(29-16)26-8-6-14(11-26)23-19(28)12-27/h2-5,7,9-10,14,27H,6,8,11-12H2,1H3,(H,23,28)(H,21,24,25). The lowest BCUT2D eigenvalue weighted by atomic mass is 10.2. The Kier molecular flexibility index (Phi) is 5.68. The smallest absolute Gasteiger partial charge is 0.245 e. The molecule has 0 spiro atoms. The van der Waals surface area contributed by atoms with Gasteiger partial charge in [0.05, 0.1) is 10.6 Å². The Bertz CT molecular complexity index is 1010. The number of aliphatic hydroxyl groups is 1. The Hall–Kier alpha value is -3.04. The van der Waals surface area contributed by atoms with E-state index in [0.29, 0.717) is 6.54 Å². The van der Waals surface area contributed by atoms with E-state index in [1.165, 1.54) is 0 Å². The Morgan fingerprint density at radius 1 is 1.31 bits per heavy atom. The number of rotatable bonds is 6. The summed E-state index contributed by atoms with van der Waals surface area (Å²) in [6, 6.07) is 9.78. The number of aromatic nitrogens is 3. The molecule has 29 heavy (non-hydrogen) atoms. The van der Waals surface area contributed by atoms with Gasteiger partial charge in [0.1, 0.15) is 18.2 Å². The zero-order valence-electron chi connectivity index (χ0n) is 16.0. The highest BCUT2D eigenvalue weighted by molar-refractivity contribution is 7.18. The number of nitrogens with zero attached hydrogens (tertiary/aromatic N) is 4. The summed E-state index contributed by atoms with van der Waals surface area (Å²) >= 11 is 1.57. The number of pyridine rings is 2. The number of hydrogen-bond donors (Lipinski definition) is 3. The molecule has 0 bridgehead atoms. The van der Waals surface area contributed by atoms with Gasteiger partial charge < -0.3 is 20.6 Å². The van der Waals surface area contributed by atoms with E-state index < -0.39 is 6.61 Å². The average molecular weight is 411 g/mol. The first-order valence-electron chi connectivity index (χ1n) is 9.39. The second-order valence-corrected chi connectivity index (χ2v) is 7.92. The van der Waals surface area contributed by atoms with Crippen LogP contribution in [0.5, 0.6) is 0 Å². The summed E-state index contributed by atoms with van der Waals surface area (Å²) in [6.07, 6.45) is 4.43. The van der Waals surface area contributed by atoms with Gasteiger partial charge in [-0.05, 0) is 43.2 Å². The lowest BCUT2D eigenvalue weighted by Gasteiger charge is -2.15. The van der Waals surface area contributed by atoms with E-state index in [1.807, 2.05) is 43.5 Å². The summed E-state index contributed by atoms with van der Waals surface area (Å²) < 4.78 is 0. The first-order chi connectivity index (χ1) is 14.1. The van der Waals surface area contributed by atoms with Crippen LogP contribution in [0.3, 0.4) is 0 Å². The number of carbonyl (C=O) groups is 1. The van der Waals surface area contributed by atoms with Gasteiger partial charge in [0.25, 0.3) is 0 Å². The van der Waals surface area contributed by atoms with Crippen LogP contribution >= 0.6 is 11.3 Å².